The van der Waals surface area contributed by atoms with Crippen LogP contribution in [-0.2, 0) is 9.53 Å². The molecule has 0 spiro atoms. The maximum absolute atomic E-state index is 12.9. The summed E-state index contributed by atoms with van der Waals surface area (Å²) in [5.41, 5.74) is 1.49. The van der Waals surface area contributed by atoms with Crippen LogP contribution in [0.15, 0.2) is 24.3 Å². The second kappa shape index (κ2) is 8.86. The summed E-state index contributed by atoms with van der Waals surface area (Å²) in [7, 11) is 1.63. The zero-order chi connectivity index (χ0) is 20.2. The summed E-state index contributed by atoms with van der Waals surface area (Å²) in [6, 6.07) is 7.62. The molecule has 2 aliphatic heterocycles. The number of aromatic nitrogens is 1. The molecule has 0 unspecified atom stereocenters. The summed E-state index contributed by atoms with van der Waals surface area (Å²) < 4.78 is 10.8. The number of H-pyrrole nitrogens is 1. The van der Waals surface area contributed by atoms with Crippen LogP contribution in [0.2, 0.25) is 0 Å². The summed E-state index contributed by atoms with van der Waals surface area (Å²) >= 11 is 0. The smallest absolute Gasteiger partial charge is 0.270 e. The second-order valence-electron chi connectivity index (χ2n) is 8.01. The Balaban J connectivity index is 1.26. The standard InChI is InChI=1S/C22H29N3O4/c1-28-17-5-4-16-12-20(24-19(16)13-17)22(27)25-8-6-15(7-9-25)11-21(26)23-14-18-3-2-10-29-18/h4-5,12-13,15,18,24H,2-3,6-11,14H2,1H3,(H,23,26)/t18-/m1/s1. The van der Waals surface area contributed by atoms with Gasteiger partial charge in [0.15, 0.2) is 0 Å². The third kappa shape index (κ3) is 4.72. The Bertz CT molecular complexity index is 864. The van der Waals surface area contributed by atoms with E-state index in [0.29, 0.717) is 37.7 Å². The fourth-order valence-corrected chi connectivity index (χ4v) is 4.23. The van der Waals surface area contributed by atoms with E-state index in [1.807, 2.05) is 29.2 Å². The molecule has 0 aliphatic carbocycles. The molecule has 2 fully saturated rings. The molecule has 2 saturated heterocycles. The lowest BCUT2D eigenvalue weighted by atomic mass is 9.93. The number of aromatic amines is 1. The van der Waals surface area contributed by atoms with Crippen LogP contribution in [-0.4, -0.2) is 61.2 Å². The molecule has 2 aliphatic rings. The van der Waals surface area contributed by atoms with E-state index < -0.39 is 0 Å². The number of ether oxygens (including phenoxy) is 2. The van der Waals surface area contributed by atoms with Crippen LogP contribution in [0.4, 0.5) is 0 Å². The molecule has 156 valence electrons. The molecule has 0 saturated carbocycles. The molecule has 2 amide bonds. The normalized spacial score (nSPS) is 20.2. The van der Waals surface area contributed by atoms with Crippen molar-refractivity contribution in [2.24, 2.45) is 5.92 Å². The average Bonchev–Trinajstić information content (AvgIpc) is 3.41. The maximum atomic E-state index is 12.9. The Hall–Kier alpha value is -2.54. The summed E-state index contributed by atoms with van der Waals surface area (Å²) in [6.07, 6.45) is 4.52. The van der Waals surface area contributed by atoms with E-state index in [-0.39, 0.29) is 17.9 Å². The number of nitrogens with one attached hydrogen (secondary N) is 2. The number of piperidine rings is 1. The van der Waals surface area contributed by atoms with Crippen molar-refractivity contribution in [3.8, 4) is 5.75 Å². The minimum Gasteiger partial charge on any atom is -0.497 e. The summed E-state index contributed by atoms with van der Waals surface area (Å²) in [5, 5.41) is 3.99. The van der Waals surface area contributed by atoms with Gasteiger partial charge in [-0.15, -0.1) is 0 Å². The highest BCUT2D eigenvalue weighted by molar-refractivity contribution is 5.98. The number of carbonyl (C=O) groups is 2. The molecular formula is C22H29N3O4. The van der Waals surface area contributed by atoms with Crippen molar-refractivity contribution in [3.05, 3.63) is 30.0 Å². The van der Waals surface area contributed by atoms with E-state index in [1.165, 1.54) is 0 Å². The van der Waals surface area contributed by atoms with E-state index >= 15 is 0 Å². The number of hydrogen-bond acceptors (Lipinski definition) is 4. The Labute approximate surface area is 170 Å². The largest absolute Gasteiger partial charge is 0.497 e. The fraction of sp³-hybridized carbons (Fsp3) is 0.545. The lowest BCUT2D eigenvalue weighted by Crippen LogP contribution is -2.40. The molecule has 29 heavy (non-hydrogen) atoms. The fourth-order valence-electron chi connectivity index (χ4n) is 4.23. The summed E-state index contributed by atoms with van der Waals surface area (Å²) in [6.45, 7) is 2.78. The number of rotatable bonds is 6. The third-order valence-electron chi connectivity index (χ3n) is 5.99. The van der Waals surface area contributed by atoms with Crippen molar-refractivity contribution in [3.63, 3.8) is 0 Å². The number of carbonyl (C=O) groups excluding carboxylic acids is 2. The van der Waals surface area contributed by atoms with Crippen LogP contribution in [0.25, 0.3) is 10.9 Å². The molecular weight excluding hydrogens is 370 g/mol. The van der Waals surface area contributed by atoms with Crippen LogP contribution in [0.5, 0.6) is 5.75 Å². The molecule has 7 nitrogen and oxygen atoms in total. The highest BCUT2D eigenvalue weighted by atomic mass is 16.5. The van der Waals surface area contributed by atoms with Crippen molar-refractivity contribution < 1.29 is 19.1 Å². The van der Waals surface area contributed by atoms with E-state index in [9.17, 15) is 9.59 Å². The van der Waals surface area contributed by atoms with E-state index in [4.69, 9.17) is 9.47 Å². The van der Waals surface area contributed by atoms with Gasteiger partial charge in [0.1, 0.15) is 11.4 Å². The molecule has 0 bridgehead atoms. The van der Waals surface area contributed by atoms with Gasteiger partial charge in [0.25, 0.3) is 5.91 Å². The zero-order valence-electron chi connectivity index (χ0n) is 16.9. The first-order valence-electron chi connectivity index (χ1n) is 10.5. The molecule has 2 aromatic rings. The number of likely N-dealkylation sites (tertiary alicyclic amines) is 1. The highest BCUT2D eigenvalue weighted by Gasteiger charge is 2.26. The Morgan fingerprint density at radius 3 is 2.79 bits per heavy atom. The SMILES string of the molecule is COc1ccc2cc(C(=O)N3CCC(CC(=O)NC[C@H]4CCCO4)CC3)[nH]c2c1. The quantitative estimate of drug-likeness (QED) is 0.782. The average molecular weight is 399 g/mol. The Morgan fingerprint density at radius 2 is 2.07 bits per heavy atom. The van der Waals surface area contributed by atoms with Gasteiger partial charge in [-0.2, -0.15) is 0 Å². The number of nitrogens with zero attached hydrogens (tertiary/aromatic N) is 1. The molecule has 7 heteroatoms. The molecule has 2 N–H and O–H groups in total. The number of amides is 2. The van der Waals surface area contributed by atoms with Gasteiger partial charge in [0.2, 0.25) is 5.91 Å². The Morgan fingerprint density at radius 1 is 1.24 bits per heavy atom. The third-order valence-corrected chi connectivity index (χ3v) is 5.99. The van der Waals surface area contributed by atoms with E-state index in [2.05, 4.69) is 10.3 Å². The van der Waals surface area contributed by atoms with Gasteiger partial charge in [-0.05, 0) is 49.8 Å². The molecule has 1 atom stereocenters. The van der Waals surface area contributed by atoms with Gasteiger partial charge in [-0.3, -0.25) is 9.59 Å². The van der Waals surface area contributed by atoms with Gasteiger partial charge in [0, 0.05) is 49.6 Å². The lowest BCUT2D eigenvalue weighted by Gasteiger charge is -2.31. The van der Waals surface area contributed by atoms with E-state index in [0.717, 1.165) is 48.9 Å². The van der Waals surface area contributed by atoms with Gasteiger partial charge >= 0.3 is 0 Å². The minimum absolute atomic E-state index is 0.0152. The number of hydrogen-bond donors (Lipinski definition) is 2. The predicted octanol–water partition coefficient (Wildman–Crippen LogP) is 2.71. The highest BCUT2D eigenvalue weighted by Crippen LogP contribution is 2.25. The van der Waals surface area contributed by atoms with Crippen LogP contribution in [0, 0.1) is 5.92 Å². The van der Waals surface area contributed by atoms with Gasteiger partial charge in [-0.25, -0.2) is 0 Å². The van der Waals surface area contributed by atoms with Crippen molar-refractivity contribution >= 4 is 22.7 Å². The summed E-state index contributed by atoms with van der Waals surface area (Å²) in [5.74, 6) is 1.20. The molecule has 4 rings (SSSR count). The molecule has 1 aromatic heterocycles. The van der Waals surface area contributed by atoms with Gasteiger partial charge in [-0.1, -0.05) is 0 Å². The Kier molecular flexibility index (Phi) is 6.04. The first kappa shape index (κ1) is 19.8. The summed E-state index contributed by atoms with van der Waals surface area (Å²) in [4.78, 5) is 30.2. The maximum Gasteiger partial charge on any atom is 0.270 e. The number of methoxy groups -OCH3 is 1. The van der Waals surface area contributed by atoms with Crippen molar-refractivity contribution in [1.29, 1.82) is 0 Å². The van der Waals surface area contributed by atoms with Gasteiger partial charge < -0.3 is 24.7 Å². The van der Waals surface area contributed by atoms with E-state index in [1.54, 1.807) is 7.11 Å². The van der Waals surface area contributed by atoms with Gasteiger partial charge in [0.05, 0.1) is 13.2 Å². The molecule has 0 radical (unpaired) electrons. The topological polar surface area (TPSA) is 83.7 Å². The van der Waals surface area contributed by atoms with Crippen LogP contribution >= 0.6 is 0 Å². The predicted molar refractivity (Wildman–Crippen MR) is 110 cm³/mol. The van der Waals surface area contributed by atoms with Crippen molar-refractivity contribution in [2.75, 3.05) is 33.4 Å². The monoisotopic (exact) mass is 399 g/mol. The zero-order valence-corrected chi connectivity index (χ0v) is 16.9. The first-order valence-corrected chi connectivity index (χ1v) is 10.5. The van der Waals surface area contributed by atoms with Crippen LogP contribution in [0.3, 0.4) is 0 Å². The van der Waals surface area contributed by atoms with Crippen molar-refractivity contribution in [2.45, 2.75) is 38.2 Å². The first-order chi connectivity index (χ1) is 14.1. The minimum atomic E-state index is 0.0152. The number of benzene rings is 1. The lowest BCUT2D eigenvalue weighted by molar-refractivity contribution is -0.122. The number of fused-ring (bicyclic) bond motifs is 1. The second-order valence-corrected chi connectivity index (χ2v) is 8.01. The van der Waals surface area contributed by atoms with Crippen LogP contribution in [0.1, 0.15) is 42.6 Å². The van der Waals surface area contributed by atoms with Crippen LogP contribution < -0.4 is 10.1 Å². The molecule has 3 heterocycles. The molecule has 1 aromatic carbocycles. The van der Waals surface area contributed by atoms with Crippen molar-refractivity contribution in [1.82, 2.24) is 15.2 Å².